The summed E-state index contributed by atoms with van der Waals surface area (Å²) >= 11 is 5.92. The zero-order valence-electron chi connectivity index (χ0n) is 13.6. The Morgan fingerprint density at radius 1 is 1.19 bits per heavy atom. The van der Waals surface area contributed by atoms with Crippen LogP contribution in [0.2, 0.25) is 5.02 Å². The average Bonchev–Trinajstić information content (AvgIpc) is 3.17. The van der Waals surface area contributed by atoms with Gasteiger partial charge in [0, 0.05) is 16.6 Å². The number of nitrogens with zero attached hydrogens (tertiary/aromatic N) is 2. The Kier molecular flexibility index (Phi) is 4.21. The molecule has 8 heteroatoms. The molecule has 2 aromatic carbocycles. The van der Waals surface area contributed by atoms with E-state index in [9.17, 15) is 14.3 Å². The number of nitrogens with one attached hydrogen (secondary N) is 1. The first kappa shape index (κ1) is 17.0. The molecule has 0 bridgehead atoms. The summed E-state index contributed by atoms with van der Waals surface area (Å²) in [6.07, 6.45) is 4.41. The van der Waals surface area contributed by atoms with E-state index in [-0.39, 0.29) is 22.2 Å². The lowest BCUT2D eigenvalue weighted by Crippen LogP contribution is -2.04. The third-order valence-electron chi connectivity index (χ3n) is 3.96. The van der Waals surface area contributed by atoms with E-state index in [2.05, 4.69) is 15.3 Å². The number of hydrogen-bond donors (Lipinski definition) is 2. The molecule has 2 heterocycles. The number of carbonyl (C=O) groups is 1. The van der Waals surface area contributed by atoms with Crippen molar-refractivity contribution < 1.29 is 18.7 Å². The summed E-state index contributed by atoms with van der Waals surface area (Å²) < 4.78 is 19.2. The minimum Gasteiger partial charge on any atom is -0.478 e. The van der Waals surface area contributed by atoms with Crippen LogP contribution in [0.1, 0.15) is 10.4 Å². The van der Waals surface area contributed by atoms with Crippen molar-refractivity contribution in [2.45, 2.75) is 0 Å². The zero-order chi connectivity index (χ0) is 19.0. The second-order valence-corrected chi connectivity index (χ2v) is 6.10. The molecule has 0 radical (unpaired) electrons. The summed E-state index contributed by atoms with van der Waals surface area (Å²) in [7, 11) is 0. The molecule has 2 N–H and O–H groups in total. The lowest BCUT2D eigenvalue weighted by molar-refractivity contribution is 0.0698. The Morgan fingerprint density at radius 2 is 2.04 bits per heavy atom. The number of anilines is 2. The minimum atomic E-state index is -1.15. The van der Waals surface area contributed by atoms with E-state index in [1.807, 2.05) is 0 Å². The number of pyridine rings is 1. The van der Waals surface area contributed by atoms with Crippen molar-refractivity contribution in [2.75, 3.05) is 5.32 Å². The van der Waals surface area contributed by atoms with E-state index in [1.165, 1.54) is 49.0 Å². The van der Waals surface area contributed by atoms with Crippen LogP contribution in [0, 0.1) is 5.82 Å². The molecule has 0 fully saturated rings. The van der Waals surface area contributed by atoms with Crippen molar-refractivity contribution in [1.29, 1.82) is 0 Å². The standard InChI is InChI=1S/C19H11ClFN3O3/c20-10-1-3-16(13(7-10)19(25)26)24-17-12-8-11(21)2-4-15(12)23-9-14(17)18-22-5-6-27-18/h1-9H,(H,23,24)(H,25,26). The molecule has 4 aromatic rings. The smallest absolute Gasteiger partial charge is 0.337 e. The molecule has 0 atom stereocenters. The number of carboxylic acids is 1. The highest BCUT2D eigenvalue weighted by atomic mass is 35.5. The van der Waals surface area contributed by atoms with E-state index in [1.54, 1.807) is 6.07 Å². The van der Waals surface area contributed by atoms with E-state index in [4.69, 9.17) is 16.0 Å². The summed E-state index contributed by atoms with van der Waals surface area (Å²) in [6, 6.07) is 8.58. The highest BCUT2D eigenvalue weighted by molar-refractivity contribution is 6.31. The predicted molar refractivity (Wildman–Crippen MR) is 98.9 cm³/mol. The van der Waals surface area contributed by atoms with E-state index in [0.29, 0.717) is 22.2 Å². The van der Waals surface area contributed by atoms with Crippen LogP contribution in [0.15, 0.2) is 59.5 Å². The molecule has 0 spiro atoms. The van der Waals surface area contributed by atoms with Crippen LogP contribution in [0.4, 0.5) is 15.8 Å². The number of benzene rings is 2. The van der Waals surface area contributed by atoms with Gasteiger partial charge in [-0.2, -0.15) is 0 Å². The van der Waals surface area contributed by atoms with Crippen LogP contribution in [0.25, 0.3) is 22.4 Å². The molecule has 4 rings (SSSR count). The fraction of sp³-hybridized carbons (Fsp3) is 0. The third-order valence-corrected chi connectivity index (χ3v) is 4.20. The fourth-order valence-corrected chi connectivity index (χ4v) is 2.93. The van der Waals surface area contributed by atoms with E-state index < -0.39 is 11.8 Å². The first-order valence-corrected chi connectivity index (χ1v) is 8.19. The van der Waals surface area contributed by atoms with Crippen molar-refractivity contribution in [1.82, 2.24) is 9.97 Å². The molecular formula is C19H11ClFN3O3. The lowest BCUT2D eigenvalue weighted by atomic mass is 10.1. The Morgan fingerprint density at radius 3 is 2.78 bits per heavy atom. The molecule has 0 aliphatic carbocycles. The summed E-state index contributed by atoms with van der Waals surface area (Å²) in [5.41, 5.74) is 1.68. The van der Waals surface area contributed by atoms with Gasteiger partial charge in [-0.25, -0.2) is 14.2 Å². The second kappa shape index (κ2) is 6.69. The SMILES string of the molecule is O=C(O)c1cc(Cl)ccc1Nc1c(-c2ncco2)cnc2ccc(F)cc12. The topological polar surface area (TPSA) is 88.2 Å². The van der Waals surface area contributed by atoms with Crippen molar-refractivity contribution in [3.63, 3.8) is 0 Å². The monoisotopic (exact) mass is 383 g/mol. The van der Waals surface area contributed by atoms with Crippen LogP contribution in [-0.2, 0) is 0 Å². The molecule has 27 heavy (non-hydrogen) atoms. The molecule has 0 saturated carbocycles. The number of aromatic nitrogens is 2. The Labute approximate surface area is 157 Å². The highest BCUT2D eigenvalue weighted by Crippen LogP contribution is 2.36. The zero-order valence-corrected chi connectivity index (χ0v) is 14.4. The van der Waals surface area contributed by atoms with Crippen molar-refractivity contribution in [3.8, 4) is 11.5 Å². The van der Waals surface area contributed by atoms with Gasteiger partial charge in [-0.05, 0) is 36.4 Å². The van der Waals surface area contributed by atoms with Gasteiger partial charge in [-0.3, -0.25) is 4.98 Å². The van der Waals surface area contributed by atoms with Gasteiger partial charge in [0.2, 0.25) is 5.89 Å². The largest absolute Gasteiger partial charge is 0.478 e. The van der Waals surface area contributed by atoms with Crippen LogP contribution in [0.5, 0.6) is 0 Å². The van der Waals surface area contributed by atoms with Gasteiger partial charge in [0.25, 0.3) is 0 Å². The molecule has 0 unspecified atom stereocenters. The summed E-state index contributed by atoms with van der Waals surface area (Å²) in [6.45, 7) is 0. The van der Waals surface area contributed by atoms with Crippen molar-refractivity contribution in [2.24, 2.45) is 0 Å². The number of carboxylic acid groups (broad SMARTS) is 1. The number of halogens is 2. The quantitative estimate of drug-likeness (QED) is 0.508. The number of aromatic carboxylic acids is 1. The normalized spacial score (nSPS) is 10.9. The van der Waals surface area contributed by atoms with Crippen molar-refractivity contribution in [3.05, 3.63) is 71.5 Å². The summed E-state index contributed by atoms with van der Waals surface area (Å²) in [5.74, 6) is -1.34. The molecule has 6 nitrogen and oxygen atoms in total. The first-order valence-electron chi connectivity index (χ1n) is 7.81. The molecule has 0 aliphatic heterocycles. The predicted octanol–water partition coefficient (Wildman–Crippen LogP) is 5.12. The maximum Gasteiger partial charge on any atom is 0.337 e. The number of hydrogen-bond acceptors (Lipinski definition) is 5. The lowest BCUT2D eigenvalue weighted by Gasteiger charge is -2.15. The van der Waals surface area contributed by atoms with E-state index in [0.717, 1.165) is 0 Å². The van der Waals surface area contributed by atoms with Gasteiger partial charge in [-0.15, -0.1) is 0 Å². The maximum atomic E-state index is 13.9. The molecule has 0 amide bonds. The number of oxazole rings is 1. The van der Waals surface area contributed by atoms with Gasteiger partial charge in [-0.1, -0.05) is 11.6 Å². The van der Waals surface area contributed by atoms with Gasteiger partial charge in [0.1, 0.15) is 12.1 Å². The first-order chi connectivity index (χ1) is 13.0. The summed E-state index contributed by atoms with van der Waals surface area (Å²) in [5, 5.41) is 13.3. The van der Waals surface area contributed by atoms with Crippen molar-refractivity contribution >= 4 is 39.8 Å². The minimum absolute atomic E-state index is 0.0257. The second-order valence-electron chi connectivity index (χ2n) is 5.67. The molecular weight excluding hydrogens is 373 g/mol. The molecule has 134 valence electrons. The van der Waals surface area contributed by atoms with Crippen LogP contribution >= 0.6 is 11.6 Å². The highest BCUT2D eigenvalue weighted by Gasteiger charge is 2.18. The molecule has 0 saturated heterocycles. The van der Waals surface area contributed by atoms with Gasteiger partial charge < -0.3 is 14.8 Å². The Bertz CT molecular complexity index is 1160. The summed E-state index contributed by atoms with van der Waals surface area (Å²) in [4.78, 5) is 20.0. The Balaban J connectivity index is 1.96. The fourth-order valence-electron chi connectivity index (χ4n) is 2.76. The van der Waals surface area contributed by atoms with Crippen LogP contribution in [0.3, 0.4) is 0 Å². The Hall–Kier alpha value is -3.45. The van der Waals surface area contributed by atoms with E-state index >= 15 is 0 Å². The van der Waals surface area contributed by atoms with Gasteiger partial charge in [0.15, 0.2) is 0 Å². The third kappa shape index (κ3) is 3.20. The number of rotatable bonds is 4. The van der Waals surface area contributed by atoms with Crippen LogP contribution < -0.4 is 5.32 Å². The maximum absolute atomic E-state index is 13.9. The van der Waals surface area contributed by atoms with Crippen LogP contribution in [-0.4, -0.2) is 21.0 Å². The van der Waals surface area contributed by atoms with Gasteiger partial charge >= 0.3 is 5.97 Å². The molecule has 0 aliphatic rings. The number of fused-ring (bicyclic) bond motifs is 1. The molecule has 2 aromatic heterocycles. The average molecular weight is 384 g/mol. The van der Waals surface area contributed by atoms with Gasteiger partial charge in [0.05, 0.1) is 34.2 Å².